The highest BCUT2D eigenvalue weighted by Gasteiger charge is 1.99. The Bertz CT molecular complexity index is 310. The summed E-state index contributed by atoms with van der Waals surface area (Å²) < 4.78 is 5.06. The van der Waals surface area contributed by atoms with Gasteiger partial charge in [-0.2, -0.15) is 0 Å². The standard InChI is InChI=1S/C11H15NO2/c1-9-7-10(5-3-4-6-13)8-11(12-9)14-2/h6-8H,3-5H2,1-2H3. The highest BCUT2D eigenvalue weighted by atomic mass is 16.5. The van der Waals surface area contributed by atoms with Crippen LogP contribution in [0.15, 0.2) is 12.1 Å². The lowest BCUT2D eigenvalue weighted by Crippen LogP contribution is -1.94. The molecule has 0 aliphatic heterocycles. The summed E-state index contributed by atoms with van der Waals surface area (Å²) in [5.41, 5.74) is 2.13. The predicted molar refractivity (Wildman–Crippen MR) is 54.5 cm³/mol. The molecule has 1 aromatic heterocycles. The third-order valence-electron chi connectivity index (χ3n) is 1.99. The first kappa shape index (κ1) is 10.7. The van der Waals surface area contributed by atoms with Crippen molar-refractivity contribution >= 4 is 6.29 Å². The van der Waals surface area contributed by atoms with Gasteiger partial charge < -0.3 is 9.53 Å². The summed E-state index contributed by atoms with van der Waals surface area (Å²) in [6, 6.07) is 3.94. The number of pyridine rings is 1. The van der Waals surface area contributed by atoms with Crippen LogP contribution in [-0.4, -0.2) is 18.4 Å². The van der Waals surface area contributed by atoms with E-state index in [-0.39, 0.29) is 0 Å². The second-order valence-electron chi connectivity index (χ2n) is 3.22. The molecule has 0 spiro atoms. The van der Waals surface area contributed by atoms with E-state index in [0.717, 1.165) is 24.8 Å². The summed E-state index contributed by atoms with van der Waals surface area (Å²) in [6.45, 7) is 1.94. The first-order chi connectivity index (χ1) is 6.76. The van der Waals surface area contributed by atoms with E-state index in [0.29, 0.717) is 12.3 Å². The van der Waals surface area contributed by atoms with Crippen molar-refractivity contribution in [3.05, 3.63) is 23.4 Å². The van der Waals surface area contributed by atoms with Crippen LogP contribution in [0.1, 0.15) is 24.1 Å². The molecule has 1 aromatic rings. The van der Waals surface area contributed by atoms with Gasteiger partial charge in [-0.15, -0.1) is 0 Å². The molecule has 0 N–H and O–H groups in total. The number of unbranched alkanes of at least 4 members (excludes halogenated alkanes) is 1. The Morgan fingerprint density at radius 3 is 2.93 bits per heavy atom. The molecule has 14 heavy (non-hydrogen) atoms. The van der Waals surface area contributed by atoms with E-state index in [1.807, 2.05) is 19.1 Å². The number of aryl methyl sites for hydroxylation is 2. The van der Waals surface area contributed by atoms with E-state index in [2.05, 4.69) is 4.98 Å². The molecule has 0 saturated heterocycles. The van der Waals surface area contributed by atoms with Gasteiger partial charge in [0.15, 0.2) is 0 Å². The lowest BCUT2D eigenvalue weighted by atomic mass is 10.1. The van der Waals surface area contributed by atoms with Gasteiger partial charge >= 0.3 is 0 Å². The second kappa shape index (κ2) is 5.37. The van der Waals surface area contributed by atoms with E-state index in [1.54, 1.807) is 7.11 Å². The summed E-state index contributed by atoms with van der Waals surface area (Å²) in [4.78, 5) is 14.3. The molecule has 3 heteroatoms. The molecule has 1 rings (SSSR count). The molecular formula is C11H15NO2. The Kier molecular flexibility index (Phi) is 4.11. The molecule has 1 heterocycles. The van der Waals surface area contributed by atoms with Crippen LogP contribution in [-0.2, 0) is 11.2 Å². The predicted octanol–water partition coefficient (Wildman–Crippen LogP) is 1.92. The van der Waals surface area contributed by atoms with Gasteiger partial charge in [0.25, 0.3) is 0 Å². The third-order valence-corrected chi connectivity index (χ3v) is 1.99. The maximum absolute atomic E-state index is 10.1. The SMILES string of the molecule is COc1cc(CCCC=O)cc(C)n1. The van der Waals surface area contributed by atoms with Gasteiger partial charge in [0.1, 0.15) is 6.29 Å². The third kappa shape index (κ3) is 3.17. The van der Waals surface area contributed by atoms with E-state index >= 15 is 0 Å². The fourth-order valence-electron chi connectivity index (χ4n) is 1.35. The van der Waals surface area contributed by atoms with Gasteiger partial charge in [-0.05, 0) is 31.4 Å². The van der Waals surface area contributed by atoms with Gasteiger partial charge in [-0.3, -0.25) is 0 Å². The van der Waals surface area contributed by atoms with E-state index in [4.69, 9.17) is 4.74 Å². The van der Waals surface area contributed by atoms with Crippen LogP contribution < -0.4 is 4.74 Å². The van der Waals surface area contributed by atoms with Crippen LogP contribution in [0.2, 0.25) is 0 Å². The number of rotatable bonds is 5. The number of hydrogen-bond acceptors (Lipinski definition) is 3. The number of hydrogen-bond donors (Lipinski definition) is 0. The van der Waals surface area contributed by atoms with E-state index < -0.39 is 0 Å². The van der Waals surface area contributed by atoms with Crippen LogP contribution in [0.4, 0.5) is 0 Å². The first-order valence-electron chi connectivity index (χ1n) is 4.71. The van der Waals surface area contributed by atoms with Crippen LogP contribution in [0.25, 0.3) is 0 Å². The minimum Gasteiger partial charge on any atom is -0.481 e. The highest BCUT2D eigenvalue weighted by molar-refractivity contribution is 5.49. The van der Waals surface area contributed by atoms with Gasteiger partial charge in [0, 0.05) is 18.2 Å². The number of carbonyl (C=O) groups is 1. The molecule has 0 atom stereocenters. The van der Waals surface area contributed by atoms with E-state index in [9.17, 15) is 4.79 Å². The van der Waals surface area contributed by atoms with Crippen LogP contribution >= 0.6 is 0 Å². The van der Waals surface area contributed by atoms with Crippen molar-refractivity contribution in [1.29, 1.82) is 0 Å². The van der Waals surface area contributed by atoms with E-state index in [1.165, 1.54) is 5.56 Å². The normalized spacial score (nSPS) is 9.86. The van der Waals surface area contributed by atoms with Crippen molar-refractivity contribution in [3.8, 4) is 5.88 Å². The molecular weight excluding hydrogens is 178 g/mol. The zero-order chi connectivity index (χ0) is 10.4. The lowest BCUT2D eigenvalue weighted by Gasteiger charge is -2.04. The maximum atomic E-state index is 10.1. The number of ether oxygens (including phenoxy) is 1. The molecule has 0 aliphatic rings. The number of carbonyl (C=O) groups excluding carboxylic acids is 1. The van der Waals surface area contributed by atoms with Crippen molar-refractivity contribution in [2.75, 3.05) is 7.11 Å². The number of aldehydes is 1. The maximum Gasteiger partial charge on any atom is 0.213 e. The molecule has 0 aliphatic carbocycles. The van der Waals surface area contributed by atoms with Crippen molar-refractivity contribution < 1.29 is 9.53 Å². The zero-order valence-corrected chi connectivity index (χ0v) is 8.62. The quantitative estimate of drug-likeness (QED) is 0.529. The average molecular weight is 193 g/mol. The monoisotopic (exact) mass is 193 g/mol. The van der Waals surface area contributed by atoms with Crippen molar-refractivity contribution in [2.24, 2.45) is 0 Å². The van der Waals surface area contributed by atoms with Crippen molar-refractivity contribution in [2.45, 2.75) is 26.2 Å². The molecule has 0 radical (unpaired) electrons. The Morgan fingerprint density at radius 2 is 2.29 bits per heavy atom. The first-order valence-corrected chi connectivity index (χ1v) is 4.71. The van der Waals surface area contributed by atoms with Crippen molar-refractivity contribution in [3.63, 3.8) is 0 Å². The number of aromatic nitrogens is 1. The zero-order valence-electron chi connectivity index (χ0n) is 8.62. The van der Waals surface area contributed by atoms with Crippen LogP contribution in [0, 0.1) is 6.92 Å². The molecule has 3 nitrogen and oxygen atoms in total. The Hall–Kier alpha value is -1.38. The topological polar surface area (TPSA) is 39.2 Å². The fraction of sp³-hybridized carbons (Fsp3) is 0.455. The Balaban J connectivity index is 2.66. The van der Waals surface area contributed by atoms with Gasteiger partial charge in [-0.1, -0.05) is 0 Å². The summed E-state index contributed by atoms with van der Waals surface area (Å²) in [7, 11) is 1.61. The smallest absolute Gasteiger partial charge is 0.213 e. The molecule has 0 aromatic carbocycles. The van der Waals surface area contributed by atoms with Crippen molar-refractivity contribution in [1.82, 2.24) is 4.98 Å². The average Bonchev–Trinajstić information content (AvgIpc) is 2.17. The van der Waals surface area contributed by atoms with Gasteiger partial charge in [0.2, 0.25) is 5.88 Å². The fourth-order valence-corrected chi connectivity index (χ4v) is 1.35. The lowest BCUT2D eigenvalue weighted by molar-refractivity contribution is -0.107. The minimum atomic E-state index is 0.615. The van der Waals surface area contributed by atoms with Gasteiger partial charge in [-0.25, -0.2) is 4.98 Å². The number of methoxy groups -OCH3 is 1. The second-order valence-corrected chi connectivity index (χ2v) is 3.22. The Morgan fingerprint density at radius 1 is 1.50 bits per heavy atom. The molecule has 0 unspecified atom stereocenters. The molecule has 0 fully saturated rings. The molecule has 0 amide bonds. The molecule has 76 valence electrons. The van der Waals surface area contributed by atoms with Crippen LogP contribution in [0.3, 0.4) is 0 Å². The summed E-state index contributed by atoms with van der Waals surface area (Å²) in [5, 5.41) is 0. The summed E-state index contributed by atoms with van der Waals surface area (Å²) in [6.07, 6.45) is 3.35. The summed E-state index contributed by atoms with van der Waals surface area (Å²) >= 11 is 0. The molecule has 0 bridgehead atoms. The Labute approximate surface area is 84.1 Å². The summed E-state index contributed by atoms with van der Waals surface area (Å²) in [5.74, 6) is 0.645. The number of nitrogens with zero attached hydrogens (tertiary/aromatic N) is 1. The van der Waals surface area contributed by atoms with Crippen LogP contribution in [0.5, 0.6) is 5.88 Å². The highest BCUT2D eigenvalue weighted by Crippen LogP contribution is 2.13. The minimum absolute atomic E-state index is 0.615. The largest absolute Gasteiger partial charge is 0.481 e. The van der Waals surface area contributed by atoms with Gasteiger partial charge in [0.05, 0.1) is 7.11 Å². The molecule has 0 saturated carbocycles.